The highest BCUT2D eigenvalue weighted by Gasteiger charge is 2.23. The van der Waals surface area contributed by atoms with Gasteiger partial charge in [0.25, 0.3) is 0 Å². The normalized spacial score (nSPS) is 18.6. The summed E-state index contributed by atoms with van der Waals surface area (Å²) >= 11 is 0. The Bertz CT molecular complexity index is 389. The van der Waals surface area contributed by atoms with Crippen molar-refractivity contribution in [2.24, 2.45) is 5.73 Å². The molecule has 0 aromatic heterocycles. The maximum absolute atomic E-state index is 10.1. The summed E-state index contributed by atoms with van der Waals surface area (Å²) in [4.78, 5) is 2.37. The predicted octanol–water partition coefficient (Wildman–Crippen LogP) is 1.89. The molecule has 4 nitrogen and oxygen atoms in total. The molecule has 1 fully saturated rings. The van der Waals surface area contributed by atoms with Crippen LogP contribution in [0.2, 0.25) is 0 Å². The fourth-order valence-corrected chi connectivity index (χ4v) is 2.64. The second-order valence-electron chi connectivity index (χ2n) is 4.77. The zero-order valence-electron chi connectivity index (χ0n) is 10.9. The molecule has 0 aliphatic carbocycles. The van der Waals surface area contributed by atoms with Crippen molar-refractivity contribution in [3.05, 3.63) is 23.8 Å². The first kappa shape index (κ1) is 13.2. The molecule has 1 unspecified atom stereocenters. The standard InChI is InChI=1S/C14H22N2O2/c1-18-11-5-6-12(14(17)9-11)13(10-15)16-7-3-2-4-8-16/h5-6,9,13,17H,2-4,7-8,10,15H2,1H3. The molecule has 1 aromatic rings. The Morgan fingerprint density at radius 3 is 2.61 bits per heavy atom. The topological polar surface area (TPSA) is 58.7 Å². The molecule has 4 heteroatoms. The number of nitrogens with two attached hydrogens (primary N) is 1. The van der Waals surface area contributed by atoms with E-state index < -0.39 is 0 Å². The summed E-state index contributed by atoms with van der Waals surface area (Å²) in [5.74, 6) is 0.945. The lowest BCUT2D eigenvalue weighted by molar-refractivity contribution is 0.165. The van der Waals surface area contributed by atoms with Crippen LogP contribution in [0.25, 0.3) is 0 Å². The molecule has 18 heavy (non-hydrogen) atoms. The Hall–Kier alpha value is -1.26. The van der Waals surface area contributed by atoms with Crippen LogP contribution in [0.4, 0.5) is 0 Å². The van der Waals surface area contributed by atoms with E-state index >= 15 is 0 Å². The second-order valence-corrected chi connectivity index (χ2v) is 4.77. The molecule has 0 amide bonds. The van der Waals surface area contributed by atoms with Gasteiger partial charge in [0.1, 0.15) is 11.5 Å². The van der Waals surface area contributed by atoms with Gasteiger partial charge in [-0.3, -0.25) is 4.90 Å². The van der Waals surface area contributed by atoms with Gasteiger partial charge in [0.2, 0.25) is 0 Å². The Kier molecular flexibility index (Phi) is 4.44. The fourth-order valence-electron chi connectivity index (χ4n) is 2.64. The zero-order chi connectivity index (χ0) is 13.0. The summed E-state index contributed by atoms with van der Waals surface area (Å²) in [6, 6.07) is 5.56. The summed E-state index contributed by atoms with van der Waals surface area (Å²) < 4.78 is 5.10. The highest BCUT2D eigenvalue weighted by Crippen LogP contribution is 2.32. The van der Waals surface area contributed by atoms with Gasteiger partial charge >= 0.3 is 0 Å². The Morgan fingerprint density at radius 2 is 2.06 bits per heavy atom. The molecule has 0 saturated carbocycles. The van der Waals surface area contributed by atoms with Crippen molar-refractivity contribution in [1.82, 2.24) is 4.90 Å². The molecule has 2 rings (SSSR count). The maximum atomic E-state index is 10.1. The minimum absolute atomic E-state index is 0.108. The van der Waals surface area contributed by atoms with E-state index in [1.54, 1.807) is 13.2 Å². The first-order valence-corrected chi connectivity index (χ1v) is 6.57. The van der Waals surface area contributed by atoms with Crippen LogP contribution < -0.4 is 10.5 Å². The first-order valence-electron chi connectivity index (χ1n) is 6.57. The van der Waals surface area contributed by atoms with Crippen molar-refractivity contribution in [3.63, 3.8) is 0 Å². The number of phenols is 1. The van der Waals surface area contributed by atoms with Crippen molar-refractivity contribution >= 4 is 0 Å². The van der Waals surface area contributed by atoms with Crippen molar-refractivity contribution in [2.45, 2.75) is 25.3 Å². The monoisotopic (exact) mass is 250 g/mol. The van der Waals surface area contributed by atoms with Crippen LogP contribution in [-0.4, -0.2) is 36.8 Å². The molecule has 0 spiro atoms. The minimum Gasteiger partial charge on any atom is -0.507 e. The fraction of sp³-hybridized carbons (Fsp3) is 0.571. The lowest BCUT2D eigenvalue weighted by atomic mass is 10.0. The van der Waals surface area contributed by atoms with Gasteiger partial charge in [-0.1, -0.05) is 12.5 Å². The van der Waals surface area contributed by atoms with E-state index in [0.29, 0.717) is 12.3 Å². The van der Waals surface area contributed by atoms with Crippen LogP contribution in [0.1, 0.15) is 30.9 Å². The van der Waals surface area contributed by atoms with Gasteiger partial charge in [0.15, 0.2) is 0 Å². The summed E-state index contributed by atoms with van der Waals surface area (Å²) in [5.41, 5.74) is 6.79. The number of methoxy groups -OCH3 is 1. The number of hydrogen-bond donors (Lipinski definition) is 2. The number of phenolic OH excluding ortho intramolecular Hbond substituents is 1. The molecule has 1 heterocycles. The van der Waals surface area contributed by atoms with Gasteiger partial charge in [0.05, 0.1) is 13.2 Å². The second kappa shape index (κ2) is 6.07. The van der Waals surface area contributed by atoms with Crippen LogP contribution >= 0.6 is 0 Å². The number of benzene rings is 1. The summed E-state index contributed by atoms with van der Waals surface area (Å²) in [5, 5.41) is 10.1. The van der Waals surface area contributed by atoms with E-state index in [0.717, 1.165) is 18.7 Å². The Balaban J connectivity index is 2.20. The molecule has 0 radical (unpaired) electrons. The highest BCUT2D eigenvalue weighted by molar-refractivity contribution is 5.41. The van der Waals surface area contributed by atoms with Gasteiger partial charge in [-0.2, -0.15) is 0 Å². The molecule has 1 saturated heterocycles. The summed E-state index contributed by atoms with van der Waals surface area (Å²) in [7, 11) is 1.60. The third kappa shape index (κ3) is 2.76. The quantitative estimate of drug-likeness (QED) is 0.856. The average Bonchev–Trinajstić information content (AvgIpc) is 2.42. The third-order valence-corrected chi connectivity index (χ3v) is 3.65. The Morgan fingerprint density at radius 1 is 1.33 bits per heavy atom. The molecular weight excluding hydrogens is 228 g/mol. The van der Waals surface area contributed by atoms with Gasteiger partial charge < -0.3 is 15.6 Å². The van der Waals surface area contributed by atoms with Crippen LogP contribution in [0.15, 0.2) is 18.2 Å². The molecule has 1 aliphatic rings. The van der Waals surface area contributed by atoms with E-state index in [1.165, 1.54) is 19.3 Å². The lowest BCUT2D eigenvalue weighted by Crippen LogP contribution is -2.37. The van der Waals surface area contributed by atoms with Crippen molar-refractivity contribution in [1.29, 1.82) is 0 Å². The van der Waals surface area contributed by atoms with Gasteiger partial charge in [-0.05, 0) is 32.0 Å². The number of likely N-dealkylation sites (tertiary alicyclic amines) is 1. The summed E-state index contributed by atoms with van der Waals surface area (Å²) in [6.07, 6.45) is 3.73. The number of rotatable bonds is 4. The van der Waals surface area contributed by atoms with E-state index in [1.807, 2.05) is 12.1 Å². The smallest absolute Gasteiger partial charge is 0.124 e. The number of hydrogen-bond acceptors (Lipinski definition) is 4. The third-order valence-electron chi connectivity index (χ3n) is 3.65. The Labute approximate surface area is 108 Å². The van der Waals surface area contributed by atoms with Crippen molar-refractivity contribution in [2.75, 3.05) is 26.7 Å². The minimum atomic E-state index is 0.108. The lowest BCUT2D eigenvalue weighted by Gasteiger charge is -2.34. The predicted molar refractivity (Wildman–Crippen MR) is 71.9 cm³/mol. The van der Waals surface area contributed by atoms with Crippen LogP contribution in [0, 0.1) is 0 Å². The van der Waals surface area contributed by atoms with E-state index in [9.17, 15) is 5.11 Å². The van der Waals surface area contributed by atoms with E-state index in [4.69, 9.17) is 10.5 Å². The van der Waals surface area contributed by atoms with Crippen LogP contribution in [-0.2, 0) is 0 Å². The molecule has 1 aromatic carbocycles. The number of aromatic hydroxyl groups is 1. The molecule has 3 N–H and O–H groups in total. The van der Waals surface area contributed by atoms with Gasteiger partial charge in [-0.15, -0.1) is 0 Å². The average molecular weight is 250 g/mol. The molecule has 100 valence electrons. The van der Waals surface area contributed by atoms with Crippen molar-refractivity contribution < 1.29 is 9.84 Å². The molecule has 1 aliphatic heterocycles. The van der Waals surface area contributed by atoms with Gasteiger partial charge in [-0.25, -0.2) is 0 Å². The van der Waals surface area contributed by atoms with E-state index in [-0.39, 0.29) is 11.8 Å². The van der Waals surface area contributed by atoms with Crippen molar-refractivity contribution in [3.8, 4) is 11.5 Å². The largest absolute Gasteiger partial charge is 0.507 e. The maximum Gasteiger partial charge on any atom is 0.124 e. The molecule has 1 atom stereocenters. The first-order chi connectivity index (χ1) is 8.76. The van der Waals surface area contributed by atoms with E-state index in [2.05, 4.69) is 4.90 Å². The number of piperidine rings is 1. The number of ether oxygens (including phenoxy) is 1. The SMILES string of the molecule is COc1ccc(C(CN)N2CCCCC2)c(O)c1. The molecular formula is C14H22N2O2. The van der Waals surface area contributed by atoms with Crippen LogP contribution in [0.5, 0.6) is 11.5 Å². The van der Waals surface area contributed by atoms with Crippen LogP contribution in [0.3, 0.4) is 0 Å². The zero-order valence-corrected chi connectivity index (χ0v) is 10.9. The number of nitrogens with zero attached hydrogens (tertiary/aromatic N) is 1. The highest BCUT2D eigenvalue weighted by atomic mass is 16.5. The van der Waals surface area contributed by atoms with Gasteiger partial charge in [0, 0.05) is 18.2 Å². The molecule has 0 bridgehead atoms. The summed E-state index contributed by atoms with van der Waals surface area (Å²) in [6.45, 7) is 2.65.